The summed E-state index contributed by atoms with van der Waals surface area (Å²) < 4.78 is 33.6. The number of ether oxygens (including phenoxy) is 4. The first-order valence-corrected chi connectivity index (χ1v) is 10.2. The minimum Gasteiger partial charge on any atom is -0.464 e. The fourth-order valence-electron chi connectivity index (χ4n) is 3.04. The fourth-order valence-corrected chi connectivity index (χ4v) is 3.55. The molecular weight excluding hydrogens is 427 g/mol. The van der Waals surface area contributed by atoms with Gasteiger partial charge < -0.3 is 33.3 Å². The van der Waals surface area contributed by atoms with Crippen LogP contribution in [0.2, 0.25) is 0 Å². The average Bonchev–Trinajstić information content (AvgIpc) is 3.01. The van der Waals surface area contributed by atoms with E-state index in [0.717, 1.165) is 33.9 Å². The molecule has 0 saturated carbocycles. The Morgan fingerprint density at radius 2 is 1.50 bits per heavy atom. The third-order valence-corrected chi connectivity index (χ3v) is 4.83. The number of carbonyl (C=O) groups excluding carboxylic acids is 4. The van der Waals surface area contributed by atoms with E-state index in [0.29, 0.717) is 0 Å². The number of rotatable bonds is 6. The Labute approximate surface area is 170 Å². The Kier molecular flexibility index (Phi) is 7.01. The van der Waals surface area contributed by atoms with Crippen molar-refractivity contribution in [3.8, 4) is 0 Å². The molecule has 0 aliphatic carbocycles. The summed E-state index contributed by atoms with van der Waals surface area (Å²) in [4.78, 5) is 69.2. The number of hydrogen-bond donors (Lipinski definition) is 2. The summed E-state index contributed by atoms with van der Waals surface area (Å²) in [5, 5.41) is 0. The minimum atomic E-state index is -4.84. The first kappa shape index (κ1) is 23.5. The number of hydrogen-bond acceptors (Lipinski definition) is 10. The van der Waals surface area contributed by atoms with Crippen molar-refractivity contribution in [3.63, 3.8) is 0 Å². The molecule has 0 saturated heterocycles. The molecule has 30 heavy (non-hydrogen) atoms. The highest BCUT2D eigenvalue weighted by Crippen LogP contribution is 2.41. The largest absolute Gasteiger partial charge is 0.464 e. The SMILES string of the molecule is CC(=O)OC[C@@H]1[C@@H](OC(C)=O)[C@H](OC(C)=O)[C@@H](OC(C)=O)c2nc(P(=O)(O)O)cn21. The molecule has 166 valence electrons. The first-order valence-electron chi connectivity index (χ1n) is 8.61. The van der Waals surface area contributed by atoms with E-state index in [1.807, 2.05) is 0 Å². The van der Waals surface area contributed by atoms with Crippen molar-refractivity contribution in [1.82, 2.24) is 9.55 Å². The average molecular weight is 448 g/mol. The lowest BCUT2D eigenvalue weighted by atomic mass is 9.95. The minimum absolute atomic E-state index is 0.185. The van der Waals surface area contributed by atoms with Crippen molar-refractivity contribution in [3.05, 3.63) is 12.0 Å². The van der Waals surface area contributed by atoms with Crippen LogP contribution in [0.4, 0.5) is 0 Å². The maximum Gasteiger partial charge on any atom is 0.376 e. The topological polar surface area (TPSA) is 181 Å². The summed E-state index contributed by atoms with van der Waals surface area (Å²) in [6, 6.07) is -1.09. The third kappa shape index (κ3) is 5.43. The highest BCUT2D eigenvalue weighted by atomic mass is 31.2. The molecule has 2 heterocycles. The zero-order chi connectivity index (χ0) is 22.8. The molecule has 1 aromatic heterocycles. The first-order chi connectivity index (χ1) is 13.8. The number of aromatic nitrogens is 2. The van der Waals surface area contributed by atoms with Gasteiger partial charge in [-0.05, 0) is 0 Å². The Morgan fingerprint density at radius 3 is 1.97 bits per heavy atom. The molecule has 4 atom stereocenters. The van der Waals surface area contributed by atoms with Crippen molar-refractivity contribution in [2.45, 2.75) is 52.0 Å². The van der Waals surface area contributed by atoms with Gasteiger partial charge >= 0.3 is 31.5 Å². The Hall–Kier alpha value is -2.76. The van der Waals surface area contributed by atoms with Gasteiger partial charge in [-0.15, -0.1) is 0 Å². The van der Waals surface area contributed by atoms with Crippen LogP contribution in [0.3, 0.4) is 0 Å². The standard InChI is InChI=1S/C16H21N2O11P/c1-7(19)26-6-11-13(27-8(2)20)14(28-9(3)21)15(29-10(4)22)16-17-12(5-18(11)16)30(23,24)25/h5,11,13-15H,6H2,1-4H3,(H2,23,24,25)/t11-,13-,14+,15-/m1/s1. The van der Waals surface area contributed by atoms with Crippen molar-refractivity contribution in [1.29, 1.82) is 0 Å². The predicted octanol–water partition coefficient (Wildman–Crippen LogP) is -0.728. The monoisotopic (exact) mass is 448 g/mol. The van der Waals surface area contributed by atoms with E-state index >= 15 is 0 Å². The second-order valence-corrected chi connectivity index (χ2v) is 8.00. The van der Waals surface area contributed by atoms with Crippen molar-refractivity contribution < 1.29 is 52.5 Å². The molecule has 0 bridgehead atoms. The maximum absolute atomic E-state index is 11.7. The van der Waals surface area contributed by atoms with E-state index in [9.17, 15) is 33.5 Å². The number of esters is 4. The smallest absolute Gasteiger partial charge is 0.376 e. The summed E-state index contributed by atoms with van der Waals surface area (Å²) in [5.41, 5.74) is -0.660. The van der Waals surface area contributed by atoms with E-state index in [4.69, 9.17) is 18.9 Å². The van der Waals surface area contributed by atoms with Crippen LogP contribution >= 0.6 is 7.60 Å². The van der Waals surface area contributed by atoms with Gasteiger partial charge in [0.25, 0.3) is 0 Å². The summed E-state index contributed by atoms with van der Waals surface area (Å²) in [6.45, 7) is 3.93. The second-order valence-electron chi connectivity index (χ2n) is 6.46. The second kappa shape index (κ2) is 8.94. The fraction of sp³-hybridized carbons (Fsp3) is 0.562. The van der Waals surface area contributed by atoms with Gasteiger partial charge in [-0.1, -0.05) is 0 Å². The molecule has 0 aromatic carbocycles. The van der Waals surface area contributed by atoms with E-state index < -0.39 is 67.9 Å². The molecule has 1 aromatic rings. The van der Waals surface area contributed by atoms with Gasteiger partial charge in [-0.25, -0.2) is 4.98 Å². The predicted molar refractivity (Wildman–Crippen MR) is 95.2 cm³/mol. The van der Waals surface area contributed by atoms with Crippen LogP contribution in [0.25, 0.3) is 0 Å². The molecule has 1 aliphatic rings. The van der Waals surface area contributed by atoms with E-state index in [1.54, 1.807) is 0 Å². The molecule has 0 unspecified atom stereocenters. The summed E-state index contributed by atoms with van der Waals surface area (Å²) in [6.07, 6.45) is -3.23. The summed E-state index contributed by atoms with van der Waals surface area (Å²) >= 11 is 0. The van der Waals surface area contributed by atoms with Crippen molar-refractivity contribution >= 4 is 36.9 Å². The number of carbonyl (C=O) groups is 4. The Bertz CT molecular complexity index is 905. The van der Waals surface area contributed by atoms with Gasteiger partial charge in [0.05, 0.1) is 0 Å². The maximum atomic E-state index is 11.7. The van der Waals surface area contributed by atoms with Gasteiger partial charge in [0.15, 0.2) is 29.6 Å². The van der Waals surface area contributed by atoms with Crippen LogP contribution in [-0.4, -0.2) is 62.0 Å². The highest BCUT2D eigenvalue weighted by Gasteiger charge is 2.51. The van der Waals surface area contributed by atoms with E-state index in [-0.39, 0.29) is 5.82 Å². The molecule has 0 radical (unpaired) electrons. The van der Waals surface area contributed by atoms with Crippen LogP contribution in [0.15, 0.2) is 6.20 Å². The Balaban J connectivity index is 2.70. The molecule has 2 rings (SSSR count). The summed E-state index contributed by atoms with van der Waals surface area (Å²) in [5.74, 6) is -3.28. The van der Waals surface area contributed by atoms with Crippen LogP contribution in [0, 0.1) is 0 Å². The Morgan fingerprint density at radius 1 is 0.967 bits per heavy atom. The van der Waals surface area contributed by atoms with Crippen LogP contribution in [0.1, 0.15) is 45.7 Å². The number of nitrogens with zero attached hydrogens (tertiary/aromatic N) is 2. The molecule has 14 heteroatoms. The van der Waals surface area contributed by atoms with E-state index in [1.165, 1.54) is 4.57 Å². The molecule has 13 nitrogen and oxygen atoms in total. The van der Waals surface area contributed by atoms with Gasteiger partial charge in [-0.2, -0.15) is 0 Å². The van der Waals surface area contributed by atoms with Gasteiger partial charge in [-0.3, -0.25) is 23.7 Å². The zero-order valence-electron chi connectivity index (χ0n) is 16.5. The lowest BCUT2D eigenvalue weighted by molar-refractivity contribution is -0.196. The molecule has 0 fully saturated rings. The lowest BCUT2D eigenvalue weighted by Crippen LogP contribution is -2.51. The number of imidazole rings is 1. The normalized spacial score (nSPS) is 23.1. The van der Waals surface area contributed by atoms with Gasteiger partial charge in [0, 0.05) is 33.9 Å². The third-order valence-electron chi connectivity index (χ3n) is 4.01. The number of fused-ring (bicyclic) bond motifs is 1. The molecule has 0 spiro atoms. The van der Waals surface area contributed by atoms with Crippen LogP contribution in [0.5, 0.6) is 0 Å². The molecule has 0 amide bonds. The van der Waals surface area contributed by atoms with Gasteiger partial charge in [0.2, 0.25) is 0 Å². The van der Waals surface area contributed by atoms with Crippen molar-refractivity contribution in [2.24, 2.45) is 0 Å². The molecule has 2 N–H and O–H groups in total. The van der Waals surface area contributed by atoms with E-state index in [2.05, 4.69) is 4.98 Å². The van der Waals surface area contributed by atoms with Crippen LogP contribution < -0.4 is 5.44 Å². The zero-order valence-corrected chi connectivity index (χ0v) is 17.4. The lowest BCUT2D eigenvalue weighted by Gasteiger charge is -2.40. The highest BCUT2D eigenvalue weighted by molar-refractivity contribution is 7.60. The van der Waals surface area contributed by atoms with Crippen LogP contribution in [-0.2, 0) is 42.7 Å². The molecular formula is C16H21N2O11P. The summed E-state index contributed by atoms with van der Waals surface area (Å²) in [7, 11) is -4.84. The quantitative estimate of drug-likeness (QED) is 0.317. The molecule has 1 aliphatic heterocycles. The van der Waals surface area contributed by atoms with Crippen molar-refractivity contribution in [2.75, 3.05) is 6.61 Å². The van der Waals surface area contributed by atoms with Gasteiger partial charge in [0.1, 0.15) is 12.6 Å².